The summed E-state index contributed by atoms with van der Waals surface area (Å²) < 4.78 is 11.6. The number of hydrogen-bond acceptors (Lipinski definition) is 4. The SMILES string of the molecule is O=c1c(-c2ccccc2)coc2cc(OCCNC3CCCCC3)ccc12. The molecule has 4 nitrogen and oxygen atoms in total. The zero-order chi connectivity index (χ0) is 18.5. The Morgan fingerprint density at radius 2 is 1.85 bits per heavy atom. The molecule has 0 bridgehead atoms. The van der Waals surface area contributed by atoms with Crippen molar-refractivity contribution in [3.8, 4) is 16.9 Å². The summed E-state index contributed by atoms with van der Waals surface area (Å²) in [4.78, 5) is 12.8. The van der Waals surface area contributed by atoms with E-state index in [1.165, 1.54) is 38.4 Å². The summed E-state index contributed by atoms with van der Waals surface area (Å²) in [6.45, 7) is 1.44. The van der Waals surface area contributed by atoms with Crippen LogP contribution >= 0.6 is 0 Å². The maximum absolute atomic E-state index is 12.8. The Morgan fingerprint density at radius 1 is 1.04 bits per heavy atom. The molecule has 1 N–H and O–H groups in total. The van der Waals surface area contributed by atoms with Gasteiger partial charge in [0.25, 0.3) is 0 Å². The lowest BCUT2D eigenvalue weighted by molar-refractivity contribution is 0.289. The molecule has 0 saturated heterocycles. The van der Waals surface area contributed by atoms with E-state index in [2.05, 4.69) is 5.32 Å². The predicted octanol–water partition coefficient (Wildman–Crippen LogP) is 4.76. The normalized spacial score (nSPS) is 15.1. The molecule has 0 unspecified atom stereocenters. The highest BCUT2D eigenvalue weighted by molar-refractivity contribution is 5.82. The van der Waals surface area contributed by atoms with Crippen LogP contribution in [0.4, 0.5) is 0 Å². The maximum Gasteiger partial charge on any atom is 0.200 e. The van der Waals surface area contributed by atoms with Crippen molar-refractivity contribution in [2.45, 2.75) is 38.1 Å². The van der Waals surface area contributed by atoms with E-state index in [0.29, 0.717) is 29.2 Å². The van der Waals surface area contributed by atoms with Gasteiger partial charge in [0.2, 0.25) is 0 Å². The molecule has 1 fully saturated rings. The van der Waals surface area contributed by atoms with Crippen LogP contribution in [-0.2, 0) is 0 Å². The first kappa shape index (κ1) is 17.8. The van der Waals surface area contributed by atoms with Gasteiger partial charge in [0.05, 0.1) is 10.9 Å². The second-order valence-corrected chi connectivity index (χ2v) is 7.14. The summed E-state index contributed by atoms with van der Waals surface area (Å²) >= 11 is 0. The lowest BCUT2D eigenvalue weighted by Crippen LogP contribution is -2.34. The zero-order valence-corrected chi connectivity index (χ0v) is 15.4. The van der Waals surface area contributed by atoms with E-state index < -0.39 is 0 Å². The summed E-state index contributed by atoms with van der Waals surface area (Å²) in [5, 5.41) is 4.14. The molecule has 0 atom stereocenters. The van der Waals surface area contributed by atoms with Crippen molar-refractivity contribution < 1.29 is 9.15 Å². The summed E-state index contributed by atoms with van der Waals surface area (Å²) in [5.74, 6) is 0.726. The highest BCUT2D eigenvalue weighted by atomic mass is 16.5. The summed E-state index contributed by atoms with van der Waals surface area (Å²) in [6.07, 6.45) is 8.09. The van der Waals surface area contributed by atoms with Crippen LogP contribution in [0.5, 0.6) is 5.75 Å². The number of nitrogens with one attached hydrogen (secondary N) is 1. The molecule has 1 saturated carbocycles. The van der Waals surface area contributed by atoms with Crippen molar-refractivity contribution in [1.29, 1.82) is 0 Å². The first-order valence-corrected chi connectivity index (χ1v) is 9.78. The number of hydrogen-bond donors (Lipinski definition) is 1. The van der Waals surface area contributed by atoms with Crippen molar-refractivity contribution >= 4 is 11.0 Å². The third-order valence-electron chi connectivity index (χ3n) is 5.24. The highest BCUT2D eigenvalue weighted by Crippen LogP contribution is 2.23. The highest BCUT2D eigenvalue weighted by Gasteiger charge is 2.12. The van der Waals surface area contributed by atoms with Crippen molar-refractivity contribution in [1.82, 2.24) is 5.32 Å². The lowest BCUT2D eigenvalue weighted by atomic mass is 9.96. The fourth-order valence-electron chi connectivity index (χ4n) is 3.75. The van der Waals surface area contributed by atoms with Crippen molar-refractivity contribution in [3.05, 3.63) is 65.0 Å². The van der Waals surface area contributed by atoms with Crippen molar-refractivity contribution in [2.24, 2.45) is 0 Å². The van der Waals surface area contributed by atoms with Gasteiger partial charge in [0.15, 0.2) is 5.43 Å². The Hall–Kier alpha value is -2.59. The van der Waals surface area contributed by atoms with E-state index in [9.17, 15) is 4.79 Å². The van der Waals surface area contributed by atoms with E-state index in [1.807, 2.05) is 36.4 Å². The molecule has 1 aromatic heterocycles. The Balaban J connectivity index is 1.42. The largest absolute Gasteiger partial charge is 0.492 e. The minimum Gasteiger partial charge on any atom is -0.492 e. The van der Waals surface area contributed by atoms with E-state index in [4.69, 9.17) is 9.15 Å². The second-order valence-electron chi connectivity index (χ2n) is 7.14. The minimum atomic E-state index is -0.0204. The van der Waals surface area contributed by atoms with Gasteiger partial charge in [-0.2, -0.15) is 0 Å². The van der Waals surface area contributed by atoms with Gasteiger partial charge in [-0.1, -0.05) is 49.6 Å². The Kier molecular flexibility index (Phi) is 5.54. The fraction of sp³-hybridized carbons (Fsp3) is 0.348. The molecule has 2 aromatic carbocycles. The van der Waals surface area contributed by atoms with Crippen LogP contribution in [0.2, 0.25) is 0 Å². The molecule has 0 spiro atoms. The minimum absolute atomic E-state index is 0.0204. The van der Waals surface area contributed by atoms with Crippen LogP contribution < -0.4 is 15.5 Å². The standard InChI is InChI=1S/C23H25NO3/c25-23-20-12-11-19(26-14-13-24-18-9-5-2-6-10-18)15-22(20)27-16-21(23)17-7-3-1-4-8-17/h1,3-4,7-8,11-12,15-16,18,24H,2,5-6,9-10,13-14H2. The van der Waals surface area contributed by atoms with E-state index in [-0.39, 0.29) is 5.43 Å². The van der Waals surface area contributed by atoms with Gasteiger partial charge in [-0.15, -0.1) is 0 Å². The molecule has 1 heterocycles. The average Bonchev–Trinajstić information content (AvgIpc) is 2.73. The Morgan fingerprint density at radius 3 is 2.67 bits per heavy atom. The van der Waals surface area contributed by atoms with Crippen LogP contribution in [0.15, 0.2) is 64.0 Å². The topological polar surface area (TPSA) is 51.5 Å². The van der Waals surface area contributed by atoms with Gasteiger partial charge in [-0.05, 0) is 30.5 Å². The Labute approximate surface area is 159 Å². The molecule has 1 aliphatic carbocycles. The third kappa shape index (κ3) is 4.22. The van der Waals surface area contributed by atoms with Crippen molar-refractivity contribution in [2.75, 3.05) is 13.2 Å². The predicted molar refractivity (Wildman–Crippen MR) is 108 cm³/mol. The zero-order valence-electron chi connectivity index (χ0n) is 15.4. The summed E-state index contributed by atoms with van der Waals surface area (Å²) in [7, 11) is 0. The van der Waals surface area contributed by atoms with Crippen LogP contribution in [0.3, 0.4) is 0 Å². The first-order valence-electron chi connectivity index (χ1n) is 9.78. The van der Waals surface area contributed by atoms with Crippen LogP contribution in [0.25, 0.3) is 22.1 Å². The number of ether oxygens (including phenoxy) is 1. The smallest absolute Gasteiger partial charge is 0.200 e. The molecule has 0 amide bonds. The monoisotopic (exact) mass is 363 g/mol. The van der Waals surface area contributed by atoms with E-state index in [1.54, 1.807) is 12.1 Å². The molecule has 0 radical (unpaired) electrons. The van der Waals surface area contributed by atoms with E-state index in [0.717, 1.165) is 17.9 Å². The number of fused-ring (bicyclic) bond motifs is 1. The quantitative estimate of drug-likeness (QED) is 0.642. The van der Waals surface area contributed by atoms with Crippen LogP contribution in [0, 0.1) is 0 Å². The molecule has 1 aliphatic rings. The molecule has 27 heavy (non-hydrogen) atoms. The fourth-order valence-corrected chi connectivity index (χ4v) is 3.75. The molecule has 0 aliphatic heterocycles. The number of rotatable bonds is 6. The molecule has 140 valence electrons. The van der Waals surface area contributed by atoms with Crippen molar-refractivity contribution in [3.63, 3.8) is 0 Å². The summed E-state index contributed by atoms with van der Waals surface area (Å²) in [6, 6.07) is 15.6. The van der Waals surface area contributed by atoms with Gasteiger partial charge in [-0.3, -0.25) is 4.79 Å². The van der Waals surface area contributed by atoms with Gasteiger partial charge in [0, 0.05) is 18.7 Å². The summed E-state index contributed by atoms with van der Waals surface area (Å²) in [5.41, 5.74) is 1.97. The van der Waals surface area contributed by atoms with Gasteiger partial charge in [0.1, 0.15) is 24.2 Å². The van der Waals surface area contributed by atoms with Gasteiger partial charge in [-0.25, -0.2) is 0 Å². The maximum atomic E-state index is 12.8. The average molecular weight is 363 g/mol. The number of benzene rings is 2. The second kappa shape index (κ2) is 8.40. The third-order valence-corrected chi connectivity index (χ3v) is 5.24. The van der Waals surface area contributed by atoms with Crippen LogP contribution in [-0.4, -0.2) is 19.2 Å². The van der Waals surface area contributed by atoms with Gasteiger partial charge < -0.3 is 14.5 Å². The Bertz CT molecular complexity index is 943. The van der Waals surface area contributed by atoms with Crippen LogP contribution in [0.1, 0.15) is 32.1 Å². The first-order chi connectivity index (χ1) is 13.3. The lowest BCUT2D eigenvalue weighted by Gasteiger charge is -2.22. The molecule has 4 heteroatoms. The molecule has 3 aromatic rings. The molecular weight excluding hydrogens is 338 g/mol. The molecular formula is C23H25NO3. The van der Waals surface area contributed by atoms with E-state index >= 15 is 0 Å². The van der Waals surface area contributed by atoms with Gasteiger partial charge >= 0.3 is 0 Å². The molecule has 4 rings (SSSR count).